The molecule has 0 aliphatic carbocycles. The molecule has 1 aromatic heterocycles. The van der Waals surface area contributed by atoms with E-state index >= 15 is 0 Å². The lowest BCUT2D eigenvalue weighted by atomic mass is 10.1. The highest BCUT2D eigenvalue weighted by molar-refractivity contribution is 9.10. The Morgan fingerprint density at radius 1 is 1.11 bits per heavy atom. The second-order valence-corrected chi connectivity index (χ2v) is 5.45. The van der Waals surface area contributed by atoms with Gasteiger partial charge in [-0.05, 0) is 71.6 Å². The number of hydrogen-bond acceptors (Lipinski definition) is 2. The van der Waals surface area contributed by atoms with Crippen molar-refractivity contribution in [1.82, 2.24) is 4.98 Å². The minimum absolute atomic E-state index is 0.573. The van der Waals surface area contributed by atoms with Crippen molar-refractivity contribution in [3.63, 3.8) is 0 Å². The molecule has 0 bridgehead atoms. The Morgan fingerprint density at radius 2 is 1.72 bits per heavy atom. The van der Waals surface area contributed by atoms with E-state index in [0.717, 1.165) is 26.9 Å². The van der Waals surface area contributed by atoms with Crippen molar-refractivity contribution in [3.8, 4) is 11.6 Å². The van der Waals surface area contributed by atoms with E-state index in [4.69, 9.17) is 16.3 Å². The second-order valence-electron chi connectivity index (χ2n) is 4.22. The lowest BCUT2D eigenvalue weighted by molar-refractivity contribution is 0.452. The maximum absolute atomic E-state index is 6.00. The summed E-state index contributed by atoms with van der Waals surface area (Å²) < 4.78 is 6.76. The third-order valence-corrected chi connectivity index (χ3v) is 3.86. The Labute approximate surface area is 120 Å². The smallest absolute Gasteiger partial charge is 0.233 e. The molecule has 0 N–H and O–H groups in total. The van der Waals surface area contributed by atoms with Crippen molar-refractivity contribution in [2.45, 2.75) is 20.8 Å². The molecule has 2 nitrogen and oxygen atoms in total. The zero-order valence-electron chi connectivity index (χ0n) is 10.4. The molecular weight excluding hydrogens is 314 g/mol. The highest BCUT2D eigenvalue weighted by Crippen LogP contribution is 2.34. The largest absolute Gasteiger partial charge is 0.437 e. The number of hydrogen-bond donors (Lipinski definition) is 0. The van der Waals surface area contributed by atoms with Crippen LogP contribution >= 0.6 is 27.5 Å². The van der Waals surface area contributed by atoms with Gasteiger partial charge in [0.05, 0.1) is 4.47 Å². The summed E-state index contributed by atoms with van der Waals surface area (Å²) in [4.78, 5) is 4.24. The summed E-state index contributed by atoms with van der Waals surface area (Å²) in [5.41, 5.74) is 3.08. The van der Waals surface area contributed by atoms with Crippen LogP contribution in [0, 0.1) is 20.8 Å². The molecule has 0 unspecified atom stereocenters. The van der Waals surface area contributed by atoms with Crippen LogP contribution in [0.15, 0.2) is 28.9 Å². The number of rotatable bonds is 2. The van der Waals surface area contributed by atoms with Gasteiger partial charge in [-0.1, -0.05) is 11.6 Å². The molecule has 18 heavy (non-hydrogen) atoms. The van der Waals surface area contributed by atoms with E-state index in [9.17, 15) is 0 Å². The Bertz CT molecular complexity index is 575. The first kappa shape index (κ1) is 13.4. The summed E-state index contributed by atoms with van der Waals surface area (Å²) in [6.07, 6.45) is 1.73. The first-order valence-corrected chi connectivity index (χ1v) is 6.72. The fourth-order valence-electron chi connectivity index (χ4n) is 1.74. The van der Waals surface area contributed by atoms with Gasteiger partial charge in [0.1, 0.15) is 5.75 Å². The molecule has 0 saturated heterocycles. The van der Waals surface area contributed by atoms with Crippen LogP contribution in [-0.4, -0.2) is 4.98 Å². The molecule has 94 valence electrons. The average Bonchev–Trinajstić information content (AvgIpc) is 2.28. The summed E-state index contributed by atoms with van der Waals surface area (Å²) in [6, 6.07) is 5.69. The number of aryl methyl sites for hydroxylation is 3. The van der Waals surface area contributed by atoms with Crippen LogP contribution in [0.2, 0.25) is 5.02 Å². The van der Waals surface area contributed by atoms with E-state index in [1.165, 1.54) is 0 Å². The van der Waals surface area contributed by atoms with Crippen molar-refractivity contribution < 1.29 is 4.74 Å². The molecule has 2 rings (SSSR count). The fraction of sp³-hybridized carbons (Fsp3) is 0.214. The Morgan fingerprint density at radius 3 is 2.33 bits per heavy atom. The zero-order chi connectivity index (χ0) is 13.3. The number of benzene rings is 1. The monoisotopic (exact) mass is 325 g/mol. The molecule has 0 atom stereocenters. The number of pyridine rings is 1. The van der Waals surface area contributed by atoms with Gasteiger partial charge >= 0.3 is 0 Å². The lowest BCUT2D eigenvalue weighted by Gasteiger charge is -2.13. The Balaban J connectivity index is 2.43. The topological polar surface area (TPSA) is 22.1 Å². The van der Waals surface area contributed by atoms with Crippen LogP contribution in [0.3, 0.4) is 0 Å². The molecule has 1 heterocycles. The third-order valence-electron chi connectivity index (χ3n) is 2.67. The number of halogens is 2. The maximum atomic E-state index is 6.00. The highest BCUT2D eigenvalue weighted by Gasteiger charge is 2.11. The number of ether oxygens (including phenoxy) is 1. The molecule has 0 fully saturated rings. The van der Waals surface area contributed by atoms with Crippen molar-refractivity contribution in [3.05, 3.63) is 50.6 Å². The molecule has 0 aliphatic rings. The van der Waals surface area contributed by atoms with E-state index in [-0.39, 0.29) is 0 Å². The third kappa shape index (κ3) is 2.68. The molecule has 0 radical (unpaired) electrons. The minimum Gasteiger partial charge on any atom is -0.437 e. The van der Waals surface area contributed by atoms with E-state index in [1.54, 1.807) is 6.20 Å². The molecule has 2 aromatic rings. The zero-order valence-corrected chi connectivity index (χ0v) is 12.8. The highest BCUT2D eigenvalue weighted by atomic mass is 79.9. The van der Waals surface area contributed by atoms with Crippen LogP contribution in [0.4, 0.5) is 0 Å². The summed E-state index contributed by atoms with van der Waals surface area (Å²) in [7, 11) is 0. The molecule has 0 amide bonds. The first-order chi connectivity index (χ1) is 8.49. The lowest BCUT2D eigenvalue weighted by Crippen LogP contribution is -1.95. The molecule has 0 saturated carbocycles. The van der Waals surface area contributed by atoms with Gasteiger partial charge in [0.25, 0.3) is 0 Å². The second kappa shape index (κ2) is 5.29. The fourth-order valence-corrected chi connectivity index (χ4v) is 2.38. The molecule has 1 aromatic carbocycles. The van der Waals surface area contributed by atoms with Crippen LogP contribution in [0.5, 0.6) is 11.6 Å². The van der Waals surface area contributed by atoms with Gasteiger partial charge in [0.15, 0.2) is 0 Å². The Kier molecular flexibility index (Phi) is 3.93. The average molecular weight is 327 g/mol. The van der Waals surface area contributed by atoms with Crippen molar-refractivity contribution in [2.75, 3.05) is 0 Å². The minimum atomic E-state index is 0.573. The maximum Gasteiger partial charge on any atom is 0.233 e. The number of nitrogens with zero attached hydrogens (tertiary/aromatic N) is 1. The molecule has 0 spiro atoms. The van der Waals surface area contributed by atoms with Crippen molar-refractivity contribution in [1.29, 1.82) is 0 Å². The Hall–Kier alpha value is -1.06. The molecule has 0 aliphatic heterocycles. The van der Waals surface area contributed by atoms with E-state index in [0.29, 0.717) is 10.9 Å². The predicted octanol–water partition coefficient (Wildman–Crippen LogP) is 5.22. The van der Waals surface area contributed by atoms with Gasteiger partial charge in [-0.2, -0.15) is 0 Å². The van der Waals surface area contributed by atoms with Crippen LogP contribution in [-0.2, 0) is 0 Å². The van der Waals surface area contributed by atoms with Crippen molar-refractivity contribution in [2.24, 2.45) is 0 Å². The SMILES string of the molecule is Cc1ccnc(Oc2c(C)cc(Cl)cc2C)c1Br. The van der Waals surface area contributed by atoms with Gasteiger partial charge in [-0.3, -0.25) is 0 Å². The molecular formula is C14H13BrClNO. The molecule has 4 heteroatoms. The van der Waals surface area contributed by atoms with Gasteiger partial charge in [-0.15, -0.1) is 0 Å². The van der Waals surface area contributed by atoms with Crippen LogP contribution in [0.1, 0.15) is 16.7 Å². The van der Waals surface area contributed by atoms with Crippen LogP contribution < -0.4 is 4.74 Å². The summed E-state index contributed by atoms with van der Waals surface area (Å²) >= 11 is 9.49. The number of aromatic nitrogens is 1. The van der Waals surface area contributed by atoms with Crippen LogP contribution in [0.25, 0.3) is 0 Å². The first-order valence-electron chi connectivity index (χ1n) is 5.54. The van der Waals surface area contributed by atoms with E-state index in [2.05, 4.69) is 20.9 Å². The van der Waals surface area contributed by atoms with Gasteiger partial charge < -0.3 is 4.74 Å². The van der Waals surface area contributed by atoms with E-state index < -0.39 is 0 Å². The van der Waals surface area contributed by atoms with Crippen molar-refractivity contribution >= 4 is 27.5 Å². The van der Waals surface area contributed by atoms with Gasteiger partial charge in [0.2, 0.25) is 5.88 Å². The van der Waals surface area contributed by atoms with Gasteiger partial charge in [0, 0.05) is 11.2 Å². The van der Waals surface area contributed by atoms with Gasteiger partial charge in [-0.25, -0.2) is 4.98 Å². The summed E-state index contributed by atoms with van der Waals surface area (Å²) in [6.45, 7) is 5.94. The standard InChI is InChI=1S/C14H13BrClNO/c1-8-4-5-17-14(12(8)15)18-13-9(2)6-11(16)7-10(13)3/h4-7H,1-3H3. The summed E-state index contributed by atoms with van der Waals surface area (Å²) in [5.74, 6) is 1.38. The normalized spacial score (nSPS) is 10.5. The quantitative estimate of drug-likeness (QED) is 0.755. The summed E-state index contributed by atoms with van der Waals surface area (Å²) in [5, 5.41) is 0.716. The van der Waals surface area contributed by atoms with E-state index in [1.807, 2.05) is 39.0 Å². The predicted molar refractivity (Wildman–Crippen MR) is 77.7 cm³/mol.